The summed E-state index contributed by atoms with van der Waals surface area (Å²) in [5.74, 6) is 0.222. The van der Waals surface area contributed by atoms with E-state index in [1.807, 2.05) is 12.1 Å². The maximum absolute atomic E-state index is 12.4. The lowest BCUT2D eigenvalue weighted by Crippen LogP contribution is -2.14. The number of amides is 1. The fourth-order valence-electron chi connectivity index (χ4n) is 2.61. The van der Waals surface area contributed by atoms with Crippen molar-refractivity contribution in [3.05, 3.63) is 86.6 Å². The predicted molar refractivity (Wildman–Crippen MR) is 109 cm³/mol. The molecule has 0 fully saturated rings. The molecule has 144 valence electrons. The van der Waals surface area contributed by atoms with E-state index >= 15 is 0 Å². The molecule has 0 saturated carbocycles. The first-order valence-corrected chi connectivity index (χ1v) is 8.79. The molecular formula is C21H14ClN3O4. The van der Waals surface area contributed by atoms with E-state index in [9.17, 15) is 20.2 Å². The number of carbonyl (C=O) groups excluding carboxylic acids is 1. The maximum atomic E-state index is 12.4. The summed E-state index contributed by atoms with van der Waals surface area (Å²) < 4.78 is 5.68. The number of rotatable bonds is 5. The smallest absolute Gasteiger partial charge is 0.269 e. The highest BCUT2D eigenvalue weighted by atomic mass is 35.5. The molecular weight excluding hydrogens is 394 g/mol. The Hall–Kier alpha value is -3.89. The second-order valence-electron chi connectivity index (χ2n) is 6.09. The number of nitrogens with zero attached hydrogens (tertiary/aromatic N) is 2. The van der Waals surface area contributed by atoms with Crippen molar-refractivity contribution in [1.82, 2.24) is 0 Å². The Balaban J connectivity index is 1.81. The quantitative estimate of drug-likeness (QED) is 0.265. The summed E-state index contributed by atoms with van der Waals surface area (Å²) >= 11 is 5.98. The molecule has 3 aromatic rings. The van der Waals surface area contributed by atoms with Gasteiger partial charge in [-0.3, -0.25) is 14.9 Å². The zero-order chi connectivity index (χ0) is 21.0. The average molecular weight is 408 g/mol. The fraction of sp³-hybridized carbons (Fsp3) is 0.0476. The summed E-state index contributed by atoms with van der Waals surface area (Å²) in [5, 5.41) is 23.3. The van der Waals surface area contributed by atoms with E-state index in [-0.39, 0.29) is 11.3 Å². The summed E-state index contributed by atoms with van der Waals surface area (Å²) in [6.45, 7) is 1.63. The van der Waals surface area contributed by atoms with E-state index in [1.54, 1.807) is 37.3 Å². The molecule has 0 aliphatic heterocycles. The molecule has 29 heavy (non-hydrogen) atoms. The molecule has 0 bridgehead atoms. The number of anilines is 1. The van der Waals surface area contributed by atoms with Crippen molar-refractivity contribution in [3.63, 3.8) is 0 Å². The molecule has 0 aliphatic rings. The van der Waals surface area contributed by atoms with Gasteiger partial charge in [0.1, 0.15) is 23.2 Å². The Morgan fingerprint density at radius 3 is 2.69 bits per heavy atom. The molecule has 0 radical (unpaired) electrons. The SMILES string of the molecule is Cc1cc([N+](=O)[O-])ccc1NC(=O)C(C#N)=Cc1ccc(-c2cccc(Cl)c2)o1. The van der Waals surface area contributed by atoms with Crippen molar-refractivity contribution in [3.8, 4) is 17.4 Å². The van der Waals surface area contributed by atoms with Crippen molar-refractivity contribution in [1.29, 1.82) is 5.26 Å². The summed E-state index contributed by atoms with van der Waals surface area (Å²) in [6, 6.07) is 16.3. The van der Waals surface area contributed by atoms with Gasteiger partial charge < -0.3 is 9.73 Å². The minimum atomic E-state index is -0.648. The highest BCUT2D eigenvalue weighted by Gasteiger charge is 2.14. The standard InChI is InChI=1S/C21H14ClN3O4/c1-13-9-17(25(27)28)5-7-19(13)24-21(26)15(12-23)11-18-6-8-20(29-18)14-3-2-4-16(22)10-14/h2-11H,1H3,(H,24,26). The number of benzene rings is 2. The monoisotopic (exact) mass is 407 g/mol. The second-order valence-corrected chi connectivity index (χ2v) is 6.53. The molecule has 3 rings (SSSR count). The molecule has 1 amide bonds. The van der Waals surface area contributed by atoms with Crippen LogP contribution in [0.3, 0.4) is 0 Å². The van der Waals surface area contributed by atoms with Crippen molar-refractivity contribution >= 4 is 35.0 Å². The fourth-order valence-corrected chi connectivity index (χ4v) is 2.80. The Kier molecular flexibility index (Phi) is 5.77. The topological polar surface area (TPSA) is 109 Å². The van der Waals surface area contributed by atoms with Crippen LogP contribution in [0, 0.1) is 28.4 Å². The molecule has 1 aromatic heterocycles. The first-order valence-electron chi connectivity index (χ1n) is 8.41. The van der Waals surface area contributed by atoms with E-state index in [4.69, 9.17) is 16.0 Å². The van der Waals surface area contributed by atoms with Crippen LogP contribution in [0.2, 0.25) is 5.02 Å². The molecule has 1 N–H and O–H groups in total. The van der Waals surface area contributed by atoms with Crippen LogP contribution in [-0.2, 0) is 4.79 Å². The number of nitro groups is 1. The summed E-state index contributed by atoms with van der Waals surface area (Å²) in [6.07, 6.45) is 1.32. The van der Waals surface area contributed by atoms with Gasteiger partial charge >= 0.3 is 0 Å². The van der Waals surface area contributed by atoms with Crippen LogP contribution in [0.15, 0.2) is 64.6 Å². The highest BCUT2D eigenvalue weighted by Crippen LogP contribution is 2.26. The summed E-state index contributed by atoms with van der Waals surface area (Å²) in [5.41, 5.74) is 1.39. The lowest BCUT2D eigenvalue weighted by molar-refractivity contribution is -0.384. The molecule has 1 heterocycles. The second kappa shape index (κ2) is 8.42. The minimum Gasteiger partial charge on any atom is -0.457 e. The minimum absolute atomic E-state index is 0.0827. The van der Waals surface area contributed by atoms with Crippen molar-refractivity contribution < 1.29 is 14.1 Å². The molecule has 0 aliphatic carbocycles. The van der Waals surface area contributed by atoms with Crippen LogP contribution in [-0.4, -0.2) is 10.8 Å². The van der Waals surface area contributed by atoms with Gasteiger partial charge in [-0.1, -0.05) is 23.7 Å². The van der Waals surface area contributed by atoms with E-state index in [2.05, 4.69) is 5.32 Å². The van der Waals surface area contributed by atoms with Crippen LogP contribution in [0.4, 0.5) is 11.4 Å². The van der Waals surface area contributed by atoms with Crippen LogP contribution in [0.5, 0.6) is 0 Å². The summed E-state index contributed by atoms with van der Waals surface area (Å²) in [4.78, 5) is 22.7. The molecule has 7 nitrogen and oxygen atoms in total. The van der Waals surface area contributed by atoms with Crippen molar-refractivity contribution in [2.75, 3.05) is 5.32 Å². The van der Waals surface area contributed by atoms with Gasteiger partial charge in [-0.05, 0) is 42.8 Å². The molecule has 0 atom stereocenters. The van der Waals surface area contributed by atoms with Crippen LogP contribution in [0.25, 0.3) is 17.4 Å². The first kappa shape index (κ1) is 19.9. The number of nitro benzene ring substituents is 1. The Bertz CT molecular complexity index is 1170. The highest BCUT2D eigenvalue weighted by molar-refractivity contribution is 6.30. The number of nitrogens with one attached hydrogen (secondary N) is 1. The zero-order valence-electron chi connectivity index (χ0n) is 15.2. The number of carbonyl (C=O) groups is 1. The number of nitriles is 1. The van der Waals surface area contributed by atoms with E-state index in [0.29, 0.717) is 27.8 Å². The third kappa shape index (κ3) is 4.69. The molecule has 0 unspecified atom stereocenters. The normalized spacial score (nSPS) is 11.0. The zero-order valence-corrected chi connectivity index (χ0v) is 15.9. The summed E-state index contributed by atoms with van der Waals surface area (Å²) in [7, 11) is 0. The lowest BCUT2D eigenvalue weighted by Gasteiger charge is -2.07. The maximum Gasteiger partial charge on any atom is 0.269 e. The van der Waals surface area contributed by atoms with Gasteiger partial charge in [-0.2, -0.15) is 5.26 Å². The predicted octanol–water partition coefficient (Wildman–Crippen LogP) is 5.36. The van der Waals surface area contributed by atoms with Gasteiger partial charge in [-0.15, -0.1) is 0 Å². The van der Waals surface area contributed by atoms with Gasteiger partial charge in [0.25, 0.3) is 11.6 Å². The number of hydrogen-bond donors (Lipinski definition) is 1. The van der Waals surface area contributed by atoms with E-state index in [0.717, 1.165) is 5.56 Å². The van der Waals surface area contributed by atoms with Crippen LogP contribution < -0.4 is 5.32 Å². The number of halogens is 1. The number of furan rings is 1. The average Bonchev–Trinajstić information content (AvgIpc) is 3.16. The van der Waals surface area contributed by atoms with Crippen molar-refractivity contribution in [2.24, 2.45) is 0 Å². The molecule has 8 heteroatoms. The number of hydrogen-bond acceptors (Lipinski definition) is 5. The number of non-ortho nitro benzene ring substituents is 1. The van der Waals surface area contributed by atoms with Gasteiger partial charge in [-0.25, -0.2) is 0 Å². The lowest BCUT2D eigenvalue weighted by atomic mass is 10.1. The Morgan fingerprint density at radius 2 is 2.03 bits per heavy atom. The third-order valence-electron chi connectivity index (χ3n) is 4.06. The van der Waals surface area contributed by atoms with Gasteiger partial charge in [0.05, 0.1) is 4.92 Å². The largest absolute Gasteiger partial charge is 0.457 e. The molecule has 2 aromatic carbocycles. The van der Waals surface area contributed by atoms with E-state index in [1.165, 1.54) is 24.3 Å². The van der Waals surface area contributed by atoms with Gasteiger partial charge in [0, 0.05) is 34.5 Å². The Labute approximate surface area is 171 Å². The number of aryl methyl sites for hydroxylation is 1. The Morgan fingerprint density at radius 1 is 1.24 bits per heavy atom. The third-order valence-corrected chi connectivity index (χ3v) is 4.29. The van der Waals surface area contributed by atoms with Crippen molar-refractivity contribution in [2.45, 2.75) is 6.92 Å². The van der Waals surface area contributed by atoms with Crippen LogP contribution in [0.1, 0.15) is 11.3 Å². The first-order chi connectivity index (χ1) is 13.9. The van der Waals surface area contributed by atoms with E-state index < -0.39 is 10.8 Å². The van der Waals surface area contributed by atoms with Gasteiger partial charge in [0.2, 0.25) is 0 Å². The van der Waals surface area contributed by atoms with Crippen LogP contribution >= 0.6 is 11.6 Å². The van der Waals surface area contributed by atoms with Gasteiger partial charge in [0.15, 0.2) is 0 Å². The molecule has 0 spiro atoms. The molecule has 0 saturated heterocycles.